The molecule has 0 bridgehead atoms. The Morgan fingerprint density at radius 3 is 1.83 bits per heavy atom. The molecule has 0 spiro atoms. The zero-order valence-corrected chi connectivity index (χ0v) is 35.5. The molecule has 4 aliphatic carbocycles. The Balaban J connectivity index is 0.000000420. The molecule has 3 heteroatoms. The standard InChI is InChI=1S/C25H25.C11H17.C7H7.CH3.CH2.2ClH.Zr/c1-14-12-24(3,4)22-8-16-7-17-9-23-19(15(2)13-25(23,5)6)11-21(17)20(16)10-18(14)22;1-5-9-6-7-10(8-9)11(2,3)4;1-7-5-3-2-4-6-7;;;;;/h8-12H,7H2,1-6H3;7-9H,5H2,1-4H3;3-6H,1H3;1H3;1H2;2*1H;/q4*-1;;;;. The molecule has 258 valence electrons. The summed E-state index contributed by atoms with van der Waals surface area (Å²) in [4.78, 5) is 0. The van der Waals surface area contributed by atoms with Crippen molar-refractivity contribution in [2.24, 2.45) is 11.3 Å². The van der Waals surface area contributed by atoms with E-state index in [9.17, 15) is 0 Å². The third-order valence-electron chi connectivity index (χ3n) is 9.46. The van der Waals surface area contributed by atoms with Gasteiger partial charge in [-0.05, 0) is 58.4 Å². The van der Waals surface area contributed by atoms with Crippen molar-refractivity contribution in [1.29, 1.82) is 0 Å². The summed E-state index contributed by atoms with van der Waals surface area (Å²) < 4.78 is 3.34. The smallest absolute Gasteiger partial charge is 0.358 e. The van der Waals surface area contributed by atoms with Crippen LogP contribution < -0.4 is 0 Å². The summed E-state index contributed by atoms with van der Waals surface area (Å²) in [5.41, 5.74) is 17.6. The summed E-state index contributed by atoms with van der Waals surface area (Å²) >= 11 is 1.30. The minimum Gasteiger partial charge on any atom is -0.358 e. The third kappa shape index (κ3) is 9.39. The largest absolute Gasteiger partial charge is 0.358 e. The van der Waals surface area contributed by atoms with Crippen molar-refractivity contribution in [3.63, 3.8) is 0 Å². The fourth-order valence-corrected chi connectivity index (χ4v) is 6.96. The molecule has 7 rings (SSSR count). The van der Waals surface area contributed by atoms with Crippen molar-refractivity contribution >= 4 is 40.2 Å². The molecule has 0 fully saturated rings. The van der Waals surface area contributed by atoms with Crippen LogP contribution in [0.25, 0.3) is 22.3 Å². The van der Waals surface area contributed by atoms with Crippen molar-refractivity contribution in [3.8, 4) is 11.1 Å². The second-order valence-electron chi connectivity index (χ2n) is 15.0. The van der Waals surface area contributed by atoms with Crippen LogP contribution in [0.4, 0.5) is 0 Å². The van der Waals surface area contributed by atoms with Gasteiger partial charge in [-0.25, -0.2) is 11.6 Å². The number of allylic oxidation sites excluding steroid dienone is 8. The van der Waals surface area contributed by atoms with Gasteiger partial charge in [0.25, 0.3) is 0 Å². The quantitative estimate of drug-likeness (QED) is 0.170. The van der Waals surface area contributed by atoms with E-state index in [-0.39, 0.29) is 43.1 Å². The van der Waals surface area contributed by atoms with Crippen molar-refractivity contribution in [2.45, 2.75) is 99.8 Å². The number of halogens is 2. The maximum absolute atomic E-state index is 3.65. The molecule has 0 saturated heterocycles. The van der Waals surface area contributed by atoms with Gasteiger partial charge in [-0.2, -0.15) is 53.1 Å². The maximum Gasteiger partial charge on any atom is -0.358 e. The van der Waals surface area contributed by atoms with Gasteiger partial charge in [-0.3, -0.25) is 12.2 Å². The molecule has 0 saturated carbocycles. The molecular weight excluding hydrogens is 703 g/mol. The second kappa shape index (κ2) is 17.3. The van der Waals surface area contributed by atoms with Crippen molar-refractivity contribution in [3.05, 3.63) is 137 Å². The van der Waals surface area contributed by atoms with Crippen LogP contribution in [-0.4, -0.2) is 4.21 Å². The van der Waals surface area contributed by atoms with E-state index < -0.39 is 0 Å². The summed E-state index contributed by atoms with van der Waals surface area (Å²) in [5, 5.41) is 0. The molecular formula is C45H56Cl2Zr-4. The van der Waals surface area contributed by atoms with E-state index in [0.717, 1.165) is 6.42 Å². The number of aryl methyl sites for hydroxylation is 1. The topological polar surface area (TPSA) is 0 Å². The van der Waals surface area contributed by atoms with Crippen molar-refractivity contribution in [2.75, 3.05) is 0 Å². The van der Waals surface area contributed by atoms with E-state index in [0.29, 0.717) is 11.3 Å². The Bertz CT molecular complexity index is 1610. The minimum absolute atomic E-state index is 0. The molecule has 48 heavy (non-hydrogen) atoms. The predicted octanol–water partition coefficient (Wildman–Crippen LogP) is 12.9. The molecule has 0 amide bonds. The molecule has 0 aromatic heterocycles. The Morgan fingerprint density at radius 1 is 0.833 bits per heavy atom. The van der Waals surface area contributed by atoms with Gasteiger partial charge in [0.2, 0.25) is 0 Å². The number of fused-ring (bicyclic) bond motifs is 5. The number of hydrogen-bond acceptors (Lipinski definition) is 0. The van der Waals surface area contributed by atoms with Gasteiger partial charge >= 0.3 is 28.4 Å². The monoisotopic (exact) mass is 756 g/mol. The summed E-state index contributed by atoms with van der Waals surface area (Å²) in [6.45, 7) is 24.7. The van der Waals surface area contributed by atoms with Gasteiger partial charge in [-0.15, -0.1) is 36.4 Å². The first-order chi connectivity index (χ1) is 21.1. The van der Waals surface area contributed by atoms with Crippen molar-refractivity contribution < 1.29 is 24.2 Å². The first kappa shape index (κ1) is 44.0. The average Bonchev–Trinajstić information content (AvgIpc) is 3.71. The molecule has 0 radical (unpaired) electrons. The average molecular weight is 759 g/mol. The van der Waals surface area contributed by atoms with Crippen molar-refractivity contribution in [1.82, 2.24) is 0 Å². The van der Waals surface area contributed by atoms with E-state index in [1.807, 2.05) is 24.3 Å². The zero-order chi connectivity index (χ0) is 33.3. The molecule has 0 heterocycles. The van der Waals surface area contributed by atoms with Crippen LogP contribution in [0.2, 0.25) is 0 Å². The van der Waals surface area contributed by atoms with Crippen LogP contribution in [-0.2, 0) is 41.5 Å². The molecule has 0 aliphatic heterocycles. The minimum atomic E-state index is 0. The van der Waals surface area contributed by atoms with Gasteiger partial charge in [0.15, 0.2) is 0 Å². The fourth-order valence-electron chi connectivity index (χ4n) is 6.96. The zero-order valence-electron chi connectivity index (χ0n) is 31.4. The molecule has 0 nitrogen and oxygen atoms in total. The summed E-state index contributed by atoms with van der Waals surface area (Å²) in [6.07, 6.45) is 16.1. The Morgan fingerprint density at radius 2 is 1.38 bits per heavy atom. The van der Waals surface area contributed by atoms with Crippen LogP contribution in [0.15, 0.2) is 72.3 Å². The summed E-state index contributed by atoms with van der Waals surface area (Å²) in [5.74, 6) is 0.573. The van der Waals surface area contributed by atoms with E-state index in [1.54, 1.807) is 0 Å². The fraction of sp³-hybridized carbons (Fsp3) is 0.378. The molecule has 1 unspecified atom stereocenters. The summed E-state index contributed by atoms with van der Waals surface area (Å²) in [6, 6.07) is 20.6. The van der Waals surface area contributed by atoms with Crippen LogP contribution in [0.5, 0.6) is 0 Å². The summed E-state index contributed by atoms with van der Waals surface area (Å²) in [7, 11) is 0. The molecule has 3 aromatic carbocycles. The van der Waals surface area contributed by atoms with Gasteiger partial charge in [0, 0.05) is 5.41 Å². The first-order valence-corrected chi connectivity index (χ1v) is 18.1. The Labute approximate surface area is 321 Å². The van der Waals surface area contributed by atoms with Gasteiger partial charge in [0.05, 0.1) is 0 Å². The Kier molecular flexibility index (Phi) is 15.8. The van der Waals surface area contributed by atoms with E-state index in [2.05, 4.69) is 141 Å². The van der Waals surface area contributed by atoms with Crippen LogP contribution in [0, 0.1) is 43.9 Å². The number of benzene rings is 3. The van der Waals surface area contributed by atoms with Crippen LogP contribution in [0.3, 0.4) is 0 Å². The molecule has 4 aliphatic rings. The normalized spacial score (nSPS) is 17.5. The van der Waals surface area contributed by atoms with E-state index >= 15 is 0 Å². The Hall–Kier alpha value is -2.05. The van der Waals surface area contributed by atoms with E-state index in [1.165, 1.54) is 97.4 Å². The van der Waals surface area contributed by atoms with Gasteiger partial charge in [0.1, 0.15) is 0 Å². The predicted molar refractivity (Wildman–Crippen MR) is 214 cm³/mol. The van der Waals surface area contributed by atoms with Gasteiger partial charge in [-0.1, -0.05) is 111 Å². The third-order valence-corrected chi connectivity index (χ3v) is 9.46. The number of rotatable bonds is 1. The second-order valence-corrected chi connectivity index (χ2v) is 15.0. The SMILES string of the molecule is CC1=[C-]C(C)(C)c2cc3c(cc21)-c1cc2c(cc1C3)C(C)(C)C=C2C.CCC1[C-]=CC(C(C)(C)C)=C1.Cc1cc[c-]cc1.Cl.Cl.[CH2]=[Zr].[CH3-]. The van der Waals surface area contributed by atoms with Crippen LogP contribution >= 0.6 is 24.8 Å². The molecule has 1 atom stereocenters. The first-order valence-electron chi connectivity index (χ1n) is 16.4. The van der Waals surface area contributed by atoms with E-state index in [4.69, 9.17) is 0 Å². The van der Waals surface area contributed by atoms with Crippen LogP contribution in [0.1, 0.15) is 115 Å². The maximum atomic E-state index is 3.65. The van der Waals surface area contributed by atoms with Gasteiger partial charge < -0.3 is 7.43 Å². The molecule has 3 aromatic rings. The number of hydrogen-bond donors (Lipinski definition) is 0. The molecule has 0 N–H and O–H groups in total.